The highest BCUT2D eigenvalue weighted by atomic mass is 32.1. The maximum absolute atomic E-state index is 12.1. The first-order valence-electron chi connectivity index (χ1n) is 7.82. The third-order valence-electron chi connectivity index (χ3n) is 3.55. The first-order chi connectivity index (χ1) is 11.6. The van der Waals surface area contributed by atoms with Crippen molar-refractivity contribution >= 4 is 17.2 Å². The van der Waals surface area contributed by atoms with Crippen molar-refractivity contribution in [3.8, 4) is 11.4 Å². The van der Waals surface area contributed by atoms with Crippen molar-refractivity contribution in [1.82, 2.24) is 25.5 Å². The number of rotatable bonds is 6. The van der Waals surface area contributed by atoms with E-state index in [0.29, 0.717) is 24.7 Å². The number of pyridine rings is 1. The van der Waals surface area contributed by atoms with Gasteiger partial charge in [0.1, 0.15) is 5.82 Å². The van der Waals surface area contributed by atoms with Crippen LogP contribution in [0.2, 0.25) is 0 Å². The number of carbonyl (C=O) groups excluding carboxylic acids is 1. The van der Waals surface area contributed by atoms with E-state index in [0.717, 1.165) is 17.0 Å². The summed E-state index contributed by atoms with van der Waals surface area (Å²) in [4.78, 5) is 21.8. The molecule has 2 N–H and O–H groups in total. The maximum atomic E-state index is 12.1. The van der Waals surface area contributed by atoms with E-state index >= 15 is 0 Å². The summed E-state index contributed by atoms with van der Waals surface area (Å²) < 4.78 is 0. The van der Waals surface area contributed by atoms with E-state index in [-0.39, 0.29) is 5.91 Å². The van der Waals surface area contributed by atoms with Crippen LogP contribution in [0.25, 0.3) is 11.4 Å². The molecule has 0 fully saturated rings. The number of amides is 1. The Morgan fingerprint density at radius 1 is 1.42 bits per heavy atom. The Morgan fingerprint density at radius 2 is 2.29 bits per heavy atom. The van der Waals surface area contributed by atoms with Gasteiger partial charge in [-0.15, -0.1) is 11.3 Å². The maximum Gasteiger partial charge on any atom is 0.252 e. The molecule has 0 bridgehead atoms. The molecule has 0 radical (unpaired) electrons. The smallest absolute Gasteiger partial charge is 0.252 e. The molecule has 3 aromatic rings. The number of thiophene rings is 1. The Hall–Kier alpha value is -2.54. The van der Waals surface area contributed by atoms with Gasteiger partial charge in [0, 0.05) is 41.2 Å². The van der Waals surface area contributed by atoms with E-state index < -0.39 is 0 Å². The van der Waals surface area contributed by atoms with Crippen molar-refractivity contribution in [3.63, 3.8) is 0 Å². The number of carbonyl (C=O) groups is 1. The van der Waals surface area contributed by atoms with Crippen molar-refractivity contribution in [2.24, 2.45) is 0 Å². The molecule has 7 heteroatoms. The number of hydrogen-bond acceptors (Lipinski definition) is 5. The molecule has 6 nitrogen and oxygen atoms in total. The summed E-state index contributed by atoms with van der Waals surface area (Å²) in [5.74, 6) is 1.74. The molecule has 124 valence electrons. The molecular weight excluding hydrogens is 322 g/mol. The molecule has 0 saturated heterocycles. The summed E-state index contributed by atoms with van der Waals surface area (Å²) in [5.41, 5.74) is 1.58. The van der Waals surface area contributed by atoms with Crippen molar-refractivity contribution in [2.75, 3.05) is 6.54 Å². The van der Waals surface area contributed by atoms with Gasteiger partial charge in [0.25, 0.3) is 5.91 Å². The molecule has 1 amide bonds. The topological polar surface area (TPSA) is 83.6 Å². The Balaban J connectivity index is 1.53. The molecule has 0 unspecified atom stereocenters. The van der Waals surface area contributed by atoms with Crippen LogP contribution in [-0.4, -0.2) is 32.6 Å². The van der Waals surface area contributed by atoms with Crippen LogP contribution in [-0.2, 0) is 6.42 Å². The molecule has 0 aliphatic heterocycles. The standard InChI is InChI=1S/C17H19N5OS/c1-11(2)14-8-13(10-24-14)17(23)19-7-5-15-20-16(22-21-15)12-4-3-6-18-9-12/h3-4,6,8-11H,5,7H2,1-2H3,(H,19,23)(H,20,21,22). The van der Waals surface area contributed by atoms with Gasteiger partial charge in [-0.05, 0) is 24.1 Å². The van der Waals surface area contributed by atoms with Gasteiger partial charge in [-0.25, -0.2) is 4.98 Å². The zero-order valence-corrected chi connectivity index (χ0v) is 14.4. The lowest BCUT2D eigenvalue weighted by molar-refractivity contribution is 0.0954. The highest BCUT2D eigenvalue weighted by Gasteiger charge is 2.11. The fraction of sp³-hybridized carbons (Fsp3) is 0.294. The van der Waals surface area contributed by atoms with Crippen molar-refractivity contribution < 1.29 is 4.79 Å². The molecule has 3 heterocycles. The summed E-state index contributed by atoms with van der Waals surface area (Å²) in [6.07, 6.45) is 4.03. The second-order valence-corrected chi connectivity index (χ2v) is 6.69. The predicted octanol–water partition coefficient (Wildman–Crippen LogP) is 3.02. The fourth-order valence-corrected chi connectivity index (χ4v) is 3.11. The van der Waals surface area contributed by atoms with Gasteiger partial charge >= 0.3 is 0 Å². The molecule has 3 aromatic heterocycles. The number of H-pyrrole nitrogens is 1. The zero-order valence-electron chi connectivity index (χ0n) is 13.6. The van der Waals surface area contributed by atoms with Crippen LogP contribution in [0, 0.1) is 0 Å². The second-order valence-electron chi connectivity index (χ2n) is 5.75. The third kappa shape index (κ3) is 3.86. The van der Waals surface area contributed by atoms with Gasteiger partial charge in [-0.1, -0.05) is 13.8 Å². The van der Waals surface area contributed by atoms with Crippen LogP contribution in [0.15, 0.2) is 36.0 Å². The van der Waals surface area contributed by atoms with Crippen LogP contribution >= 0.6 is 11.3 Å². The van der Waals surface area contributed by atoms with E-state index in [4.69, 9.17) is 0 Å². The van der Waals surface area contributed by atoms with E-state index in [1.807, 2.05) is 23.6 Å². The number of aromatic amines is 1. The monoisotopic (exact) mass is 341 g/mol. The fourth-order valence-electron chi connectivity index (χ4n) is 2.20. The minimum atomic E-state index is -0.0508. The molecule has 0 saturated carbocycles. The first kappa shape index (κ1) is 16.3. The van der Waals surface area contributed by atoms with Gasteiger partial charge in [0.2, 0.25) is 0 Å². The van der Waals surface area contributed by atoms with Crippen LogP contribution < -0.4 is 5.32 Å². The lowest BCUT2D eigenvalue weighted by atomic mass is 10.1. The van der Waals surface area contributed by atoms with E-state index in [2.05, 4.69) is 39.3 Å². The van der Waals surface area contributed by atoms with Gasteiger partial charge in [-0.3, -0.25) is 14.9 Å². The molecule has 3 rings (SSSR count). The van der Waals surface area contributed by atoms with E-state index in [9.17, 15) is 4.79 Å². The Kier molecular flexibility index (Phi) is 5.00. The van der Waals surface area contributed by atoms with E-state index in [1.54, 1.807) is 23.7 Å². The number of aromatic nitrogens is 4. The Labute approximate surface area is 144 Å². The van der Waals surface area contributed by atoms with Gasteiger partial charge < -0.3 is 5.32 Å². The molecule has 0 aliphatic carbocycles. The lowest BCUT2D eigenvalue weighted by Crippen LogP contribution is -2.25. The minimum absolute atomic E-state index is 0.0508. The van der Waals surface area contributed by atoms with Crippen LogP contribution in [0.3, 0.4) is 0 Å². The van der Waals surface area contributed by atoms with Gasteiger partial charge in [-0.2, -0.15) is 5.10 Å². The average molecular weight is 341 g/mol. The predicted molar refractivity (Wildman–Crippen MR) is 94.1 cm³/mol. The SMILES string of the molecule is CC(C)c1cc(C(=O)NCCc2nc(-c3cccnc3)n[nH]2)cs1. The molecule has 0 aliphatic rings. The Bertz CT molecular complexity index is 809. The molecule has 24 heavy (non-hydrogen) atoms. The number of nitrogens with one attached hydrogen (secondary N) is 2. The highest BCUT2D eigenvalue weighted by molar-refractivity contribution is 7.10. The lowest BCUT2D eigenvalue weighted by Gasteiger charge is -2.02. The second kappa shape index (κ2) is 7.35. The van der Waals surface area contributed by atoms with Crippen molar-refractivity contribution in [1.29, 1.82) is 0 Å². The summed E-state index contributed by atoms with van der Waals surface area (Å²) in [5, 5.41) is 11.9. The summed E-state index contributed by atoms with van der Waals surface area (Å²) in [6.45, 7) is 4.75. The quantitative estimate of drug-likeness (QED) is 0.722. The van der Waals surface area contributed by atoms with Crippen LogP contribution in [0.4, 0.5) is 0 Å². The van der Waals surface area contributed by atoms with Crippen molar-refractivity contribution in [2.45, 2.75) is 26.2 Å². The number of hydrogen-bond donors (Lipinski definition) is 2. The first-order valence-corrected chi connectivity index (χ1v) is 8.69. The largest absolute Gasteiger partial charge is 0.352 e. The van der Waals surface area contributed by atoms with Crippen molar-refractivity contribution in [3.05, 3.63) is 52.2 Å². The summed E-state index contributed by atoms with van der Waals surface area (Å²) in [7, 11) is 0. The minimum Gasteiger partial charge on any atom is -0.352 e. The number of nitrogens with zero attached hydrogens (tertiary/aromatic N) is 3. The van der Waals surface area contributed by atoms with Crippen LogP contribution in [0.5, 0.6) is 0 Å². The highest BCUT2D eigenvalue weighted by Crippen LogP contribution is 2.23. The zero-order chi connectivity index (χ0) is 16.9. The van der Waals surface area contributed by atoms with Gasteiger partial charge in [0.05, 0.1) is 5.56 Å². The Morgan fingerprint density at radius 3 is 3.00 bits per heavy atom. The normalized spacial score (nSPS) is 11.0. The summed E-state index contributed by atoms with van der Waals surface area (Å²) >= 11 is 1.62. The molecule has 0 spiro atoms. The van der Waals surface area contributed by atoms with E-state index in [1.165, 1.54) is 4.88 Å². The van der Waals surface area contributed by atoms with Crippen LogP contribution in [0.1, 0.15) is 40.8 Å². The third-order valence-corrected chi connectivity index (χ3v) is 4.78. The summed E-state index contributed by atoms with van der Waals surface area (Å²) in [6, 6.07) is 5.71. The van der Waals surface area contributed by atoms with Gasteiger partial charge in [0.15, 0.2) is 5.82 Å². The molecule has 0 aromatic carbocycles. The molecular formula is C17H19N5OS. The average Bonchev–Trinajstić information content (AvgIpc) is 3.25. The molecule has 0 atom stereocenters.